The molecule has 5 rings (SSSR count). The van der Waals surface area contributed by atoms with E-state index in [0.29, 0.717) is 6.61 Å². The van der Waals surface area contributed by atoms with Crippen molar-refractivity contribution < 1.29 is 18.9 Å². The topological polar surface area (TPSA) is 36.9 Å². The molecule has 0 atom stereocenters. The lowest BCUT2D eigenvalue weighted by atomic mass is 9.63. The molecule has 0 saturated heterocycles. The zero-order valence-electron chi connectivity index (χ0n) is 19.0. The van der Waals surface area contributed by atoms with Gasteiger partial charge in [0.25, 0.3) is 0 Å². The summed E-state index contributed by atoms with van der Waals surface area (Å²) in [7, 11) is 3.39. The van der Waals surface area contributed by atoms with Crippen molar-refractivity contribution in [1.29, 1.82) is 0 Å². The molecule has 0 bridgehead atoms. The SMILES string of the molecule is CCOc1ccc(C2(c3ccccc3)c3c(OC)cccc3Oc3cccc(OC)c32)cc1. The first kappa shape index (κ1) is 21.0. The summed E-state index contributed by atoms with van der Waals surface area (Å²) in [5.41, 5.74) is 3.32. The van der Waals surface area contributed by atoms with Crippen molar-refractivity contribution in [2.45, 2.75) is 12.3 Å². The number of hydrogen-bond acceptors (Lipinski definition) is 4. The van der Waals surface area contributed by atoms with Crippen LogP contribution in [-0.4, -0.2) is 20.8 Å². The molecule has 0 spiro atoms. The van der Waals surface area contributed by atoms with Gasteiger partial charge in [-0.2, -0.15) is 0 Å². The summed E-state index contributed by atoms with van der Waals surface area (Å²) in [5, 5.41) is 0. The number of rotatable bonds is 6. The van der Waals surface area contributed by atoms with Gasteiger partial charge >= 0.3 is 0 Å². The Balaban J connectivity index is 1.95. The minimum absolute atomic E-state index is 0.615. The van der Waals surface area contributed by atoms with Gasteiger partial charge in [0.1, 0.15) is 28.7 Å². The quantitative estimate of drug-likeness (QED) is 0.300. The second-order valence-electron chi connectivity index (χ2n) is 7.84. The molecule has 4 aromatic rings. The number of hydrogen-bond donors (Lipinski definition) is 0. The van der Waals surface area contributed by atoms with Crippen molar-refractivity contribution in [1.82, 2.24) is 0 Å². The van der Waals surface area contributed by atoms with E-state index in [9.17, 15) is 0 Å². The van der Waals surface area contributed by atoms with Crippen LogP contribution in [-0.2, 0) is 5.41 Å². The Morgan fingerprint density at radius 2 is 1.18 bits per heavy atom. The third kappa shape index (κ3) is 3.21. The smallest absolute Gasteiger partial charge is 0.135 e. The van der Waals surface area contributed by atoms with E-state index < -0.39 is 5.41 Å². The largest absolute Gasteiger partial charge is 0.496 e. The molecule has 0 fully saturated rings. The lowest BCUT2D eigenvalue weighted by Gasteiger charge is -2.42. The summed E-state index contributed by atoms with van der Waals surface area (Å²) in [6.07, 6.45) is 0. The first-order valence-corrected chi connectivity index (χ1v) is 11.1. The Bertz CT molecular complexity index is 1210. The highest BCUT2D eigenvalue weighted by Crippen LogP contribution is 2.60. The van der Waals surface area contributed by atoms with Gasteiger partial charge in [-0.25, -0.2) is 0 Å². The average molecular weight is 439 g/mol. The molecule has 4 heteroatoms. The number of ether oxygens (including phenoxy) is 4. The van der Waals surface area contributed by atoms with Gasteiger partial charge in [0.2, 0.25) is 0 Å². The van der Waals surface area contributed by atoms with Crippen LogP contribution in [0.15, 0.2) is 91.0 Å². The molecular formula is C29H26O4. The van der Waals surface area contributed by atoms with Crippen molar-refractivity contribution >= 4 is 0 Å². The summed E-state index contributed by atoms with van der Waals surface area (Å²) >= 11 is 0. The molecule has 4 aromatic carbocycles. The maximum atomic E-state index is 6.44. The van der Waals surface area contributed by atoms with E-state index in [1.807, 2.05) is 61.5 Å². The fourth-order valence-corrected chi connectivity index (χ4v) is 4.91. The van der Waals surface area contributed by atoms with Crippen LogP contribution < -0.4 is 18.9 Å². The Labute approximate surface area is 194 Å². The Morgan fingerprint density at radius 3 is 1.70 bits per heavy atom. The maximum absolute atomic E-state index is 6.44. The summed E-state index contributed by atoms with van der Waals surface area (Å²) in [4.78, 5) is 0. The average Bonchev–Trinajstić information content (AvgIpc) is 2.88. The van der Waals surface area contributed by atoms with Gasteiger partial charge in [-0.3, -0.25) is 0 Å². The molecule has 1 aliphatic rings. The Kier molecular flexibility index (Phi) is 5.43. The van der Waals surface area contributed by atoms with E-state index in [0.717, 1.165) is 51.0 Å². The molecule has 33 heavy (non-hydrogen) atoms. The van der Waals surface area contributed by atoms with Gasteiger partial charge in [0.05, 0.1) is 37.4 Å². The predicted octanol–water partition coefficient (Wildman–Crippen LogP) is 6.59. The van der Waals surface area contributed by atoms with E-state index in [1.54, 1.807) is 14.2 Å². The van der Waals surface area contributed by atoms with Gasteiger partial charge in [-0.1, -0.05) is 54.6 Å². The van der Waals surface area contributed by atoms with Gasteiger partial charge in [0, 0.05) is 0 Å². The highest BCUT2D eigenvalue weighted by Gasteiger charge is 2.49. The maximum Gasteiger partial charge on any atom is 0.135 e. The molecule has 0 unspecified atom stereocenters. The highest BCUT2D eigenvalue weighted by atomic mass is 16.5. The van der Waals surface area contributed by atoms with Crippen LogP contribution in [0.1, 0.15) is 29.2 Å². The van der Waals surface area contributed by atoms with Crippen LogP contribution in [0.25, 0.3) is 0 Å². The Hall–Kier alpha value is -3.92. The highest BCUT2D eigenvalue weighted by molar-refractivity contribution is 5.75. The lowest BCUT2D eigenvalue weighted by molar-refractivity contribution is 0.340. The van der Waals surface area contributed by atoms with Crippen LogP contribution in [0, 0.1) is 0 Å². The zero-order chi connectivity index (χ0) is 22.8. The number of benzene rings is 4. The van der Waals surface area contributed by atoms with E-state index >= 15 is 0 Å². The fraction of sp³-hybridized carbons (Fsp3) is 0.172. The third-order valence-corrected chi connectivity index (χ3v) is 6.19. The molecule has 0 saturated carbocycles. The summed E-state index contributed by atoms with van der Waals surface area (Å²) in [5.74, 6) is 3.85. The minimum Gasteiger partial charge on any atom is -0.496 e. The summed E-state index contributed by atoms with van der Waals surface area (Å²) in [6.45, 7) is 2.60. The van der Waals surface area contributed by atoms with Crippen molar-refractivity contribution in [3.05, 3.63) is 113 Å². The number of methoxy groups -OCH3 is 2. The van der Waals surface area contributed by atoms with Crippen LogP contribution in [0.4, 0.5) is 0 Å². The van der Waals surface area contributed by atoms with E-state index in [1.165, 1.54) is 0 Å². The first-order valence-electron chi connectivity index (χ1n) is 11.1. The predicted molar refractivity (Wildman–Crippen MR) is 129 cm³/mol. The molecule has 4 nitrogen and oxygen atoms in total. The normalized spacial score (nSPS) is 13.3. The lowest BCUT2D eigenvalue weighted by Crippen LogP contribution is -2.35. The van der Waals surface area contributed by atoms with Gasteiger partial charge in [0.15, 0.2) is 0 Å². The van der Waals surface area contributed by atoms with Gasteiger partial charge in [-0.15, -0.1) is 0 Å². The standard InChI is InChI=1S/C29H26O4/c1-4-32-22-18-16-21(17-19-22)29(20-10-6-5-7-11-20)27-23(30-2)12-8-14-25(27)33-26-15-9-13-24(31-3)28(26)29/h5-19H,4H2,1-3H3. The molecule has 0 N–H and O–H groups in total. The van der Waals surface area contributed by atoms with Crippen LogP contribution in [0.3, 0.4) is 0 Å². The molecule has 0 amide bonds. The van der Waals surface area contributed by atoms with Crippen LogP contribution >= 0.6 is 0 Å². The van der Waals surface area contributed by atoms with Gasteiger partial charge in [-0.05, 0) is 54.4 Å². The van der Waals surface area contributed by atoms with Crippen molar-refractivity contribution in [3.8, 4) is 28.7 Å². The van der Waals surface area contributed by atoms with Gasteiger partial charge < -0.3 is 18.9 Å². The van der Waals surface area contributed by atoms with Crippen molar-refractivity contribution in [2.75, 3.05) is 20.8 Å². The molecule has 0 aliphatic carbocycles. The zero-order valence-corrected chi connectivity index (χ0v) is 19.0. The molecule has 0 radical (unpaired) electrons. The van der Waals surface area contributed by atoms with E-state index in [-0.39, 0.29) is 0 Å². The van der Waals surface area contributed by atoms with Crippen molar-refractivity contribution in [3.63, 3.8) is 0 Å². The fourth-order valence-electron chi connectivity index (χ4n) is 4.91. The van der Waals surface area contributed by atoms with Crippen LogP contribution in [0.5, 0.6) is 28.7 Å². The molecule has 1 aliphatic heterocycles. The van der Waals surface area contributed by atoms with Crippen molar-refractivity contribution in [2.24, 2.45) is 0 Å². The molecule has 1 heterocycles. The first-order chi connectivity index (χ1) is 16.2. The number of fused-ring (bicyclic) bond motifs is 2. The minimum atomic E-state index is -0.728. The third-order valence-electron chi connectivity index (χ3n) is 6.19. The molecular weight excluding hydrogens is 412 g/mol. The Morgan fingerprint density at radius 1 is 0.636 bits per heavy atom. The summed E-state index contributed by atoms with van der Waals surface area (Å²) < 4.78 is 24.0. The second-order valence-corrected chi connectivity index (χ2v) is 7.84. The second kappa shape index (κ2) is 8.55. The summed E-state index contributed by atoms with van der Waals surface area (Å²) in [6, 6.07) is 30.6. The molecule has 166 valence electrons. The monoisotopic (exact) mass is 438 g/mol. The van der Waals surface area contributed by atoms with E-state index in [4.69, 9.17) is 18.9 Å². The molecule has 0 aromatic heterocycles. The van der Waals surface area contributed by atoms with Crippen LogP contribution in [0.2, 0.25) is 0 Å². The van der Waals surface area contributed by atoms with E-state index in [2.05, 4.69) is 36.4 Å².